The maximum atomic E-state index is 12.7. The molecule has 0 unspecified atom stereocenters. The van der Waals surface area contributed by atoms with Crippen molar-refractivity contribution in [3.63, 3.8) is 0 Å². The molecule has 2 aromatic rings. The van der Waals surface area contributed by atoms with Crippen molar-refractivity contribution in [2.75, 3.05) is 20.5 Å². The maximum absolute atomic E-state index is 12.7. The van der Waals surface area contributed by atoms with Crippen molar-refractivity contribution >= 4 is 29.4 Å². The van der Waals surface area contributed by atoms with Gasteiger partial charge in [-0.25, -0.2) is 4.79 Å². The van der Waals surface area contributed by atoms with Crippen LogP contribution < -0.4 is 14.2 Å². The lowest BCUT2D eigenvalue weighted by molar-refractivity contribution is -0.142. The summed E-state index contributed by atoms with van der Waals surface area (Å²) < 4.78 is 26.4. The quantitative estimate of drug-likeness (QED) is 0.573. The molecule has 4 rings (SSSR count). The van der Waals surface area contributed by atoms with E-state index in [2.05, 4.69) is 4.74 Å². The molecule has 0 amide bonds. The molecule has 144 valence electrons. The molecule has 2 aliphatic heterocycles. The third kappa shape index (κ3) is 3.54. The van der Waals surface area contributed by atoms with E-state index in [1.165, 1.54) is 7.11 Å². The normalized spacial score (nSPS) is 16.1. The highest BCUT2D eigenvalue weighted by molar-refractivity contribution is 6.31. The molecule has 0 bridgehead atoms. The lowest BCUT2D eigenvalue weighted by Gasteiger charge is -2.20. The van der Waals surface area contributed by atoms with Crippen LogP contribution >= 0.6 is 11.6 Å². The molecule has 7 nitrogen and oxygen atoms in total. The molecule has 28 heavy (non-hydrogen) atoms. The van der Waals surface area contributed by atoms with E-state index in [0.29, 0.717) is 40.0 Å². The Hall–Kier alpha value is -3.03. The summed E-state index contributed by atoms with van der Waals surface area (Å²) in [4.78, 5) is 23.9. The van der Waals surface area contributed by atoms with Crippen LogP contribution in [0.25, 0.3) is 6.08 Å². The van der Waals surface area contributed by atoms with Crippen molar-refractivity contribution < 1.29 is 33.3 Å². The Morgan fingerprint density at radius 3 is 2.96 bits per heavy atom. The fraction of sp³-hybridized carbons (Fsp3) is 0.200. The first-order valence-corrected chi connectivity index (χ1v) is 8.74. The van der Waals surface area contributed by atoms with Crippen molar-refractivity contribution in [2.45, 2.75) is 6.61 Å². The molecule has 8 heteroatoms. The van der Waals surface area contributed by atoms with Gasteiger partial charge in [0.1, 0.15) is 17.2 Å². The van der Waals surface area contributed by atoms with E-state index < -0.39 is 5.97 Å². The van der Waals surface area contributed by atoms with E-state index in [-0.39, 0.29) is 24.9 Å². The van der Waals surface area contributed by atoms with Crippen LogP contribution in [0.1, 0.15) is 21.5 Å². The molecule has 0 atom stereocenters. The Morgan fingerprint density at radius 2 is 2.14 bits per heavy atom. The average Bonchev–Trinajstić information content (AvgIpc) is 3.00. The third-order valence-corrected chi connectivity index (χ3v) is 4.43. The topological polar surface area (TPSA) is 80.3 Å². The molecule has 2 aliphatic rings. The number of esters is 1. The fourth-order valence-electron chi connectivity index (χ4n) is 2.92. The number of carbonyl (C=O) groups is 2. The van der Waals surface area contributed by atoms with Crippen LogP contribution in [0.3, 0.4) is 0 Å². The van der Waals surface area contributed by atoms with E-state index in [9.17, 15) is 9.59 Å². The summed E-state index contributed by atoms with van der Waals surface area (Å²) in [5, 5.41) is 0.501. The zero-order valence-corrected chi connectivity index (χ0v) is 15.6. The van der Waals surface area contributed by atoms with Gasteiger partial charge in [-0.05, 0) is 30.3 Å². The Labute approximate surface area is 165 Å². The van der Waals surface area contributed by atoms with Gasteiger partial charge in [-0.2, -0.15) is 0 Å². The van der Waals surface area contributed by atoms with Crippen LogP contribution in [0, 0.1) is 0 Å². The largest absolute Gasteiger partial charge is 0.482 e. The van der Waals surface area contributed by atoms with E-state index in [0.717, 1.165) is 5.56 Å². The van der Waals surface area contributed by atoms with Gasteiger partial charge in [-0.3, -0.25) is 4.79 Å². The molecule has 0 spiro atoms. The van der Waals surface area contributed by atoms with Gasteiger partial charge in [0.25, 0.3) is 0 Å². The van der Waals surface area contributed by atoms with Crippen molar-refractivity contribution in [1.82, 2.24) is 0 Å². The molecule has 0 aliphatic carbocycles. The minimum Gasteiger partial charge on any atom is -0.482 e. The van der Waals surface area contributed by atoms with Gasteiger partial charge < -0.3 is 23.7 Å². The maximum Gasteiger partial charge on any atom is 0.343 e. The smallest absolute Gasteiger partial charge is 0.343 e. The highest BCUT2D eigenvalue weighted by atomic mass is 35.5. The minimum absolute atomic E-state index is 0.126. The van der Waals surface area contributed by atoms with Gasteiger partial charge in [0.05, 0.1) is 19.3 Å². The summed E-state index contributed by atoms with van der Waals surface area (Å²) >= 11 is 6.17. The van der Waals surface area contributed by atoms with E-state index >= 15 is 0 Å². The monoisotopic (exact) mass is 402 g/mol. The van der Waals surface area contributed by atoms with Gasteiger partial charge in [0.15, 0.2) is 19.2 Å². The fourth-order valence-corrected chi connectivity index (χ4v) is 3.16. The van der Waals surface area contributed by atoms with Crippen LogP contribution in [0.2, 0.25) is 5.02 Å². The number of hydrogen-bond donors (Lipinski definition) is 0. The van der Waals surface area contributed by atoms with E-state index in [1.807, 2.05) is 0 Å². The minimum atomic E-state index is -0.507. The van der Waals surface area contributed by atoms with Gasteiger partial charge >= 0.3 is 5.97 Å². The van der Waals surface area contributed by atoms with Crippen LogP contribution in [-0.2, 0) is 20.9 Å². The van der Waals surface area contributed by atoms with E-state index in [1.54, 1.807) is 36.4 Å². The predicted molar refractivity (Wildman–Crippen MR) is 98.6 cm³/mol. The molecule has 0 N–H and O–H groups in total. The molecular weight excluding hydrogens is 388 g/mol. The molecule has 2 heterocycles. The number of benzene rings is 2. The second kappa shape index (κ2) is 7.53. The summed E-state index contributed by atoms with van der Waals surface area (Å²) in [6.45, 7) is 0.267. The first-order chi connectivity index (χ1) is 13.5. The summed E-state index contributed by atoms with van der Waals surface area (Å²) in [5.74, 6) is 0.706. The molecular formula is C20H15ClO7. The Kier molecular flexibility index (Phi) is 4.93. The number of allylic oxidation sites excluding steroid dienone is 1. The number of ketones is 1. The van der Waals surface area contributed by atoms with Crippen molar-refractivity contribution in [2.24, 2.45) is 0 Å². The van der Waals surface area contributed by atoms with Gasteiger partial charge in [-0.15, -0.1) is 0 Å². The number of fused-ring (bicyclic) bond motifs is 2. The molecule has 2 aromatic carbocycles. The number of hydrogen-bond acceptors (Lipinski definition) is 7. The van der Waals surface area contributed by atoms with Crippen molar-refractivity contribution in [3.8, 4) is 17.2 Å². The first-order valence-electron chi connectivity index (χ1n) is 8.36. The SMILES string of the molecule is COC(=O)COc1ccc2c(c1)O/C(=C\c1cc(Cl)cc3c1OCOC3)C2=O. The van der Waals surface area contributed by atoms with Crippen LogP contribution in [0.15, 0.2) is 36.1 Å². The van der Waals surface area contributed by atoms with Crippen LogP contribution in [0.4, 0.5) is 0 Å². The summed E-state index contributed by atoms with van der Waals surface area (Å²) in [5.41, 5.74) is 1.83. The second-order valence-electron chi connectivity index (χ2n) is 6.06. The first kappa shape index (κ1) is 18.3. The van der Waals surface area contributed by atoms with Crippen molar-refractivity contribution in [1.29, 1.82) is 0 Å². The Bertz CT molecular complexity index is 996. The Morgan fingerprint density at radius 1 is 1.29 bits per heavy atom. The molecule has 0 saturated heterocycles. The highest BCUT2D eigenvalue weighted by Crippen LogP contribution is 2.38. The summed E-state index contributed by atoms with van der Waals surface area (Å²) in [6, 6.07) is 8.18. The summed E-state index contributed by atoms with van der Waals surface area (Å²) in [6.07, 6.45) is 1.59. The summed E-state index contributed by atoms with van der Waals surface area (Å²) in [7, 11) is 1.28. The second-order valence-corrected chi connectivity index (χ2v) is 6.49. The van der Waals surface area contributed by atoms with Crippen LogP contribution in [-0.4, -0.2) is 32.3 Å². The highest BCUT2D eigenvalue weighted by Gasteiger charge is 2.29. The number of ether oxygens (including phenoxy) is 5. The zero-order chi connectivity index (χ0) is 19.7. The molecule has 0 aromatic heterocycles. The number of carbonyl (C=O) groups excluding carboxylic acids is 2. The number of methoxy groups -OCH3 is 1. The number of rotatable bonds is 4. The number of Topliss-reactive ketones (excluding diaryl/α,β-unsaturated/α-hetero) is 1. The lowest BCUT2D eigenvalue weighted by atomic mass is 10.1. The van der Waals surface area contributed by atoms with Crippen molar-refractivity contribution in [3.05, 3.63) is 57.8 Å². The van der Waals surface area contributed by atoms with Gasteiger partial charge in [-0.1, -0.05) is 11.6 Å². The van der Waals surface area contributed by atoms with Gasteiger partial charge in [0.2, 0.25) is 5.78 Å². The van der Waals surface area contributed by atoms with E-state index in [4.69, 9.17) is 30.5 Å². The van der Waals surface area contributed by atoms with Crippen LogP contribution in [0.5, 0.6) is 17.2 Å². The standard InChI is InChI=1S/C20H15ClO7/c1-24-18(22)9-26-14-2-3-15-16(7-14)28-17(19(15)23)6-11-4-13(21)5-12-8-25-10-27-20(11)12/h2-7H,8-10H2,1H3/b17-6-. The average molecular weight is 403 g/mol. The lowest BCUT2D eigenvalue weighted by Crippen LogP contribution is -2.12. The number of halogens is 1. The van der Waals surface area contributed by atoms with Gasteiger partial charge in [0, 0.05) is 22.2 Å². The Balaban J connectivity index is 1.61. The predicted octanol–water partition coefficient (Wildman–Crippen LogP) is 3.37. The third-order valence-electron chi connectivity index (χ3n) is 4.22. The molecule has 0 saturated carbocycles. The molecule has 0 fully saturated rings. The molecule has 0 radical (unpaired) electrons. The zero-order valence-electron chi connectivity index (χ0n) is 14.8.